The van der Waals surface area contributed by atoms with Gasteiger partial charge in [-0.05, 0) is 44.6 Å². The molecule has 1 aromatic carbocycles. The predicted octanol–water partition coefficient (Wildman–Crippen LogP) is 4.13. The smallest absolute Gasteiger partial charge is 0.227 e. The first-order chi connectivity index (χ1) is 11.6. The van der Waals surface area contributed by atoms with Crippen LogP contribution in [0.25, 0.3) is 0 Å². The van der Waals surface area contributed by atoms with Gasteiger partial charge in [0.1, 0.15) is 11.4 Å². The molecule has 1 aliphatic heterocycles. The van der Waals surface area contributed by atoms with Gasteiger partial charge in [0.05, 0.1) is 11.5 Å². The van der Waals surface area contributed by atoms with Crippen molar-refractivity contribution in [3.63, 3.8) is 0 Å². The molecule has 1 aromatic rings. The first-order valence-corrected chi connectivity index (χ1v) is 9.37. The summed E-state index contributed by atoms with van der Waals surface area (Å²) >= 11 is 0. The second kappa shape index (κ2) is 7.96. The van der Waals surface area contributed by atoms with Crippen molar-refractivity contribution < 1.29 is 9.53 Å². The van der Waals surface area contributed by atoms with Crippen LogP contribution in [0, 0.1) is 5.41 Å². The topological polar surface area (TPSA) is 64.4 Å². The Hall–Kier alpha value is -1.26. The van der Waals surface area contributed by atoms with Gasteiger partial charge in [0.2, 0.25) is 5.91 Å². The van der Waals surface area contributed by atoms with E-state index < -0.39 is 5.41 Å². The number of ether oxygens (including phenoxy) is 1. The van der Waals surface area contributed by atoms with Crippen LogP contribution in [0.15, 0.2) is 24.3 Å². The van der Waals surface area contributed by atoms with E-state index in [1.54, 1.807) is 0 Å². The zero-order valence-electron chi connectivity index (χ0n) is 15.3. The van der Waals surface area contributed by atoms with Gasteiger partial charge in [-0.15, -0.1) is 12.4 Å². The second-order valence-electron chi connectivity index (χ2n) is 7.45. The number of carbonyl (C=O) groups is 1. The first kappa shape index (κ1) is 20.1. The first-order valence-electron chi connectivity index (χ1n) is 9.37. The normalized spacial score (nSPS) is 21.2. The molecule has 1 atom stereocenters. The van der Waals surface area contributed by atoms with E-state index in [1.165, 1.54) is 12.8 Å². The molecular weight excluding hydrogens is 336 g/mol. The summed E-state index contributed by atoms with van der Waals surface area (Å²) in [6.07, 6.45) is 6.97. The van der Waals surface area contributed by atoms with Crippen LogP contribution < -0.4 is 15.8 Å². The van der Waals surface area contributed by atoms with Gasteiger partial charge in [-0.3, -0.25) is 4.79 Å². The maximum atomic E-state index is 13.0. The minimum atomic E-state index is -0.462. The third-order valence-corrected chi connectivity index (χ3v) is 6.24. The molecule has 1 heterocycles. The second-order valence-corrected chi connectivity index (χ2v) is 7.45. The lowest BCUT2D eigenvalue weighted by atomic mass is 9.80. The van der Waals surface area contributed by atoms with Crippen molar-refractivity contribution in [1.82, 2.24) is 5.32 Å². The van der Waals surface area contributed by atoms with Gasteiger partial charge >= 0.3 is 0 Å². The fraction of sp³-hybridized carbons (Fsp3) is 0.650. The Morgan fingerprint density at radius 3 is 2.52 bits per heavy atom. The molecule has 3 N–H and O–H groups in total. The molecule has 25 heavy (non-hydrogen) atoms. The molecule has 1 aliphatic carbocycles. The highest BCUT2D eigenvalue weighted by Gasteiger charge is 2.44. The molecule has 3 rings (SSSR count). The number of nitrogens with one attached hydrogen (secondary N) is 1. The standard InChI is InChI=1S/C20H30N2O2.ClH/c1-3-19(4-2,14-21)18(23)22-16-13-20(11-7-8-12-20)24-17-10-6-5-9-15(16)17;/h5-6,9-10,16H,3-4,7-8,11-14,21H2,1-2H3,(H,22,23);1H. The largest absolute Gasteiger partial charge is 0.487 e. The van der Waals surface area contributed by atoms with Crippen molar-refractivity contribution in [3.05, 3.63) is 29.8 Å². The van der Waals surface area contributed by atoms with Crippen LogP contribution in [-0.4, -0.2) is 18.1 Å². The van der Waals surface area contributed by atoms with Crippen LogP contribution in [0.1, 0.15) is 70.4 Å². The Balaban J connectivity index is 0.00000225. The highest BCUT2D eigenvalue weighted by Crippen LogP contribution is 2.47. The van der Waals surface area contributed by atoms with E-state index in [-0.39, 0.29) is 30.0 Å². The zero-order valence-corrected chi connectivity index (χ0v) is 16.2. The van der Waals surface area contributed by atoms with Crippen molar-refractivity contribution in [2.24, 2.45) is 11.1 Å². The SMILES string of the molecule is CCC(CC)(CN)C(=O)NC1CC2(CCCC2)Oc2ccccc21.Cl. The molecule has 0 aromatic heterocycles. The Kier molecular flexibility index (Phi) is 6.39. The average Bonchev–Trinajstić information content (AvgIpc) is 3.04. The number of benzene rings is 1. The van der Waals surface area contributed by atoms with E-state index in [0.29, 0.717) is 6.54 Å². The number of carbonyl (C=O) groups excluding carboxylic acids is 1. The van der Waals surface area contributed by atoms with Crippen molar-refractivity contribution in [1.29, 1.82) is 0 Å². The van der Waals surface area contributed by atoms with Crippen LogP contribution in [0.3, 0.4) is 0 Å². The Morgan fingerprint density at radius 1 is 1.28 bits per heavy atom. The summed E-state index contributed by atoms with van der Waals surface area (Å²) in [5.74, 6) is 1.02. The number of para-hydroxylation sites is 1. The van der Waals surface area contributed by atoms with Crippen LogP contribution >= 0.6 is 12.4 Å². The van der Waals surface area contributed by atoms with Gasteiger partial charge in [0.15, 0.2) is 0 Å². The summed E-state index contributed by atoms with van der Waals surface area (Å²) in [6, 6.07) is 8.15. The quantitative estimate of drug-likeness (QED) is 0.823. The van der Waals surface area contributed by atoms with Crippen molar-refractivity contribution in [2.75, 3.05) is 6.54 Å². The van der Waals surface area contributed by atoms with Gasteiger partial charge in [0, 0.05) is 18.5 Å². The van der Waals surface area contributed by atoms with Gasteiger partial charge in [0.25, 0.3) is 0 Å². The Bertz CT molecular complexity index is 587. The predicted molar refractivity (Wildman–Crippen MR) is 103 cm³/mol. The molecule has 5 heteroatoms. The molecule has 2 aliphatic rings. The van der Waals surface area contributed by atoms with Crippen molar-refractivity contribution >= 4 is 18.3 Å². The molecular formula is C20H31ClN2O2. The van der Waals surface area contributed by atoms with Crippen molar-refractivity contribution in [2.45, 2.75) is 70.4 Å². The minimum Gasteiger partial charge on any atom is -0.487 e. The van der Waals surface area contributed by atoms with Gasteiger partial charge in [-0.25, -0.2) is 0 Å². The fourth-order valence-electron chi connectivity index (χ4n) is 4.34. The summed E-state index contributed by atoms with van der Waals surface area (Å²) in [4.78, 5) is 13.0. The van der Waals surface area contributed by atoms with Crippen LogP contribution in [0.5, 0.6) is 5.75 Å². The molecule has 1 amide bonds. The lowest BCUT2D eigenvalue weighted by Gasteiger charge is -2.41. The zero-order chi connectivity index (χ0) is 17.2. The van der Waals surface area contributed by atoms with Crippen molar-refractivity contribution in [3.8, 4) is 5.75 Å². The Morgan fingerprint density at radius 2 is 1.92 bits per heavy atom. The lowest BCUT2D eigenvalue weighted by molar-refractivity contribution is -0.132. The van der Waals surface area contributed by atoms with E-state index in [9.17, 15) is 4.79 Å². The number of fused-ring (bicyclic) bond motifs is 1. The number of hydrogen-bond acceptors (Lipinski definition) is 3. The molecule has 1 unspecified atom stereocenters. The Labute approximate surface area is 157 Å². The molecule has 1 fully saturated rings. The van der Waals surface area contributed by atoms with Gasteiger partial charge in [-0.2, -0.15) is 0 Å². The van der Waals surface area contributed by atoms with Crippen LogP contribution in [0.4, 0.5) is 0 Å². The average molecular weight is 367 g/mol. The van der Waals surface area contributed by atoms with Gasteiger partial charge < -0.3 is 15.8 Å². The summed E-state index contributed by atoms with van der Waals surface area (Å²) in [7, 11) is 0. The van der Waals surface area contributed by atoms with E-state index in [0.717, 1.165) is 43.4 Å². The maximum absolute atomic E-state index is 13.0. The third kappa shape index (κ3) is 3.65. The van der Waals surface area contributed by atoms with Crippen LogP contribution in [-0.2, 0) is 4.79 Å². The molecule has 1 saturated carbocycles. The van der Waals surface area contributed by atoms with E-state index >= 15 is 0 Å². The highest BCUT2D eigenvalue weighted by molar-refractivity contribution is 5.85. The number of rotatable bonds is 5. The van der Waals surface area contributed by atoms with Crippen LogP contribution in [0.2, 0.25) is 0 Å². The van der Waals surface area contributed by atoms with Gasteiger partial charge in [-0.1, -0.05) is 32.0 Å². The monoisotopic (exact) mass is 366 g/mol. The fourth-order valence-corrected chi connectivity index (χ4v) is 4.34. The van der Waals surface area contributed by atoms with E-state index in [1.807, 2.05) is 32.0 Å². The minimum absolute atomic E-state index is 0. The number of hydrogen-bond donors (Lipinski definition) is 2. The molecule has 0 saturated heterocycles. The summed E-state index contributed by atoms with van der Waals surface area (Å²) in [5.41, 5.74) is 6.49. The highest BCUT2D eigenvalue weighted by atomic mass is 35.5. The number of halogens is 1. The molecule has 1 spiro atoms. The number of amides is 1. The summed E-state index contributed by atoms with van der Waals surface area (Å²) < 4.78 is 6.38. The lowest BCUT2D eigenvalue weighted by Crippen LogP contribution is -2.49. The third-order valence-electron chi connectivity index (χ3n) is 6.24. The molecule has 0 bridgehead atoms. The summed E-state index contributed by atoms with van der Waals surface area (Å²) in [6.45, 7) is 4.49. The number of nitrogens with two attached hydrogens (primary N) is 1. The van der Waals surface area contributed by atoms with E-state index in [2.05, 4.69) is 11.4 Å². The molecule has 140 valence electrons. The maximum Gasteiger partial charge on any atom is 0.227 e. The molecule has 4 nitrogen and oxygen atoms in total. The molecule has 0 radical (unpaired) electrons. The van der Waals surface area contributed by atoms with E-state index in [4.69, 9.17) is 10.5 Å². The summed E-state index contributed by atoms with van der Waals surface area (Å²) in [5, 5.41) is 3.32.